The van der Waals surface area contributed by atoms with Crippen molar-refractivity contribution in [1.82, 2.24) is 0 Å². The molecule has 0 saturated carbocycles. The average Bonchev–Trinajstić information content (AvgIpc) is 2.25. The Morgan fingerprint density at radius 1 is 1.28 bits per heavy atom. The molecule has 0 aliphatic rings. The van der Waals surface area contributed by atoms with Crippen LogP contribution in [0.5, 0.6) is 5.75 Å². The second-order valence-corrected chi connectivity index (χ2v) is 4.22. The number of benzene rings is 1. The summed E-state index contributed by atoms with van der Waals surface area (Å²) in [5, 5.41) is 9.88. The largest absolute Gasteiger partial charge is 0.496 e. The molecule has 3 N–H and O–H groups in total. The number of methoxy groups -OCH3 is 1. The normalized spacial score (nSPS) is 15.3. The highest BCUT2D eigenvalue weighted by Crippen LogP contribution is 2.43. The van der Waals surface area contributed by atoms with Crippen molar-refractivity contribution >= 4 is 0 Å². The second-order valence-electron chi connectivity index (χ2n) is 4.22. The van der Waals surface area contributed by atoms with Gasteiger partial charge in [-0.2, -0.15) is 13.2 Å². The molecule has 0 aliphatic heterocycles. The van der Waals surface area contributed by atoms with Crippen LogP contribution in [0.25, 0.3) is 0 Å². The molecule has 18 heavy (non-hydrogen) atoms. The molecule has 0 aromatic heterocycles. The molecule has 102 valence electrons. The van der Waals surface area contributed by atoms with Gasteiger partial charge in [0.1, 0.15) is 5.75 Å². The third-order valence-electron chi connectivity index (χ3n) is 2.84. The van der Waals surface area contributed by atoms with Crippen molar-refractivity contribution in [3.63, 3.8) is 0 Å². The van der Waals surface area contributed by atoms with Crippen LogP contribution in [0.2, 0.25) is 0 Å². The van der Waals surface area contributed by atoms with Gasteiger partial charge in [0.15, 0.2) is 0 Å². The Labute approximate surface area is 103 Å². The zero-order valence-corrected chi connectivity index (χ0v) is 10.4. The average molecular weight is 263 g/mol. The lowest BCUT2D eigenvalue weighted by Crippen LogP contribution is -2.49. The number of alkyl halides is 3. The van der Waals surface area contributed by atoms with Gasteiger partial charge in [-0.1, -0.05) is 6.07 Å². The highest BCUT2D eigenvalue weighted by molar-refractivity contribution is 5.47. The summed E-state index contributed by atoms with van der Waals surface area (Å²) in [6, 6.07) is 2.99. The van der Waals surface area contributed by atoms with Gasteiger partial charge in [0.25, 0.3) is 0 Å². The molecule has 0 amide bonds. The summed E-state index contributed by atoms with van der Waals surface area (Å²) in [6.45, 7) is 2.25. The molecule has 0 bridgehead atoms. The molecule has 0 saturated heterocycles. The van der Waals surface area contributed by atoms with E-state index in [0.29, 0.717) is 0 Å². The molecule has 6 heteroatoms. The van der Waals surface area contributed by atoms with Crippen molar-refractivity contribution in [3.05, 3.63) is 28.8 Å². The van der Waals surface area contributed by atoms with Crippen LogP contribution >= 0.6 is 0 Å². The maximum atomic E-state index is 13.0. The number of aliphatic hydroxyl groups is 1. The van der Waals surface area contributed by atoms with Gasteiger partial charge >= 0.3 is 6.18 Å². The Morgan fingerprint density at radius 3 is 2.22 bits per heavy atom. The van der Waals surface area contributed by atoms with E-state index < -0.39 is 18.3 Å². The number of ether oxygens (including phenoxy) is 1. The molecule has 0 fully saturated rings. The van der Waals surface area contributed by atoms with Crippen molar-refractivity contribution in [2.75, 3.05) is 13.7 Å². The van der Waals surface area contributed by atoms with Gasteiger partial charge < -0.3 is 15.6 Å². The molecule has 0 heterocycles. The molecule has 1 aromatic rings. The van der Waals surface area contributed by atoms with Crippen LogP contribution in [-0.2, 0) is 5.60 Å². The van der Waals surface area contributed by atoms with Gasteiger partial charge in [-0.15, -0.1) is 0 Å². The standard InChI is InChI=1S/C12H16F3NO2/c1-7-4-8(2)10(9(5-7)18-3)11(17,6-16)12(13,14)15/h4-5,17H,6,16H2,1-3H3. The van der Waals surface area contributed by atoms with E-state index in [1.807, 2.05) is 0 Å². The lowest BCUT2D eigenvalue weighted by atomic mass is 9.87. The topological polar surface area (TPSA) is 55.5 Å². The molecular formula is C12H16F3NO2. The molecular weight excluding hydrogens is 247 g/mol. The molecule has 3 nitrogen and oxygen atoms in total. The second kappa shape index (κ2) is 4.78. The molecule has 0 aliphatic carbocycles. The summed E-state index contributed by atoms with van der Waals surface area (Å²) < 4.78 is 43.9. The molecule has 0 radical (unpaired) electrons. The van der Waals surface area contributed by atoms with Crippen LogP contribution in [0, 0.1) is 13.8 Å². The fourth-order valence-electron chi connectivity index (χ4n) is 1.98. The number of hydrogen-bond acceptors (Lipinski definition) is 3. The molecule has 0 spiro atoms. The van der Waals surface area contributed by atoms with E-state index in [4.69, 9.17) is 10.5 Å². The first-order chi connectivity index (χ1) is 8.17. The minimum atomic E-state index is -4.87. The van der Waals surface area contributed by atoms with E-state index in [9.17, 15) is 18.3 Å². The van der Waals surface area contributed by atoms with Crippen LogP contribution in [0.3, 0.4) is 0 Å². The van der Waals surface area contributed by atoms with E-state index in [1.165, 1.54) is 20.1 Å². The Balaban J connectivity index is 3.57. The summed E-state index contributed by atoms with van der Waals surface area (Å²) in [5.41, 5.74) is 2.74. The van der Waals surface area contributed by atoms with E-state index >= 15 is 0 Å². The van der Waals surface area contributed by atoms with Gasteiger partial charge in [-0.25, -0.2) is 0 Å². The van der Waals surface area contributed by atoms with Gasteiger partial charge in [0.05, 0.1) is 7.11 Å². The minimum Gasteiger partial charge on any atom is -0.496 e. The monoisotopic (exact) mass is 263 g/mol. The number of halogens is 3. The van der Waals surface area contributed by atoms with Crippen molar-refractivity contribution in [2.24, 2.45) is 5.73 Å². The first-order valence-electron chi connectivity index (χ1n) is 5.32. The quantitative estimate of drug-likeness (QED) is 0.877. The number of aryl methyl sites for hydroxylation is 2. The first kappa shape index (κ1) is 14.8. The third kappa shape index (κ3) is 2.30. The maximum absolute atomic E-state index is 13.0. The summed E-state index contributed by atoms with van der Waals surface area (Å²) in [7, 11) is 1.25. The number of nitrogens with two attached hydrogens (primary N) is 1. The molecule has 1 rings (SSSR count). The molecule has 1 atom stereocenters. The number of rotatable bonds is 3. The zero-order chi connectivity index (χ0) is 14.1. The van der Waals surface area contributed by atoms with Crippen LogP contribution in [0.1, 0.15) is 16.7 Å². The van der Waals surface area contributed by atoms with Gasteiger partial charge in [0, 0.05) is 12.1 Å². The van der Waals surface area contributed by atoms with Crippen LogP contribution in [0.15, 0.2) is 12.1 Å². The Kier molecular flexibility index (Phi) is 3.92. The van der Waals surface area contributed by atoms with Gasteiger partial charge in [0.2, 0.25) is 5.60 Å². The van der Waals surface area contributed by atoms with Crippen molar-refractivity contribution in [3.8, 4) is 5.75 Å². The van der Waals surface area contributed by atoms with Crippen molar-refractivity contribution < 1.29 is 23.0 Å². The fourth-order valence-corrected chi connectivity index (χ4v) is 1.98. The van der Waals surface area contributed by atoms with Gasteiger partial charge in [-0.3, -0.25) is 0 Å². The van der Waals surface area contributed by atoms with E-state index in [2.05, 4.69) is 0 Å². The van der Waals surface area contributed by atoms with Crippen molar-refractivity contribution in [1.29, 1.82) is 0 Å². The predicted molar refractivity (Wildman–Crippen MR) is 61.5 cm³/mol. The summed E-state index contributed by atoms with van der Waals surface area (Å²) in [4.78, 5) is 0. The summed E-state index contributed by atoms with van der Waals surface area (Å²) in [5.74, 6) is -0.0159. The first-order valence-corrected chi connectivity index (χ1v) is 5.32. The number of hydrogen-bond donors (Lipinski definition) is 2. The Morgan fingerprint density at radius 2 is 1.83 bits per heavy atom. The lowest BCUT2D eigenvalue weighted by Gasteiger charge is -2.32. The minimum absolute atomic E-state index is 0.0159. The SMILES string of the molecule is COc1cc(C)cc(C)c1C(O)(CN)C(F)(F)F. The lowest BCUT2D eigenvalue weighted by molar-refractivity contribution is -0.262. The maximum Gasteiger partial charge on any atom is 0.422 e. The Hall–Kier alpha value is -1.27. The van der Waals surface area contributed by atoms with Gasteiger partial charge in [-0.05, 0) is 31.0 Å². The van der Waals surface area contributed by atoms with Crippen LogP contribution < -0.4 is 10.5 Å². The van der Waals surface area contributed by atoms with E-state index in [0.717, 1.165) is 5.56 Å². The highest BCUT2D eigenvalue weighted by atomic mass is 19.4. The molecule has 1 aromatic carbocycles. The fraction of sp³-hybridized carbons (Fsp3) is 0.500. The Bertz CT molecular complexity index is 446. The highest BCUT2D eigenvalue weighted by Gasteiger charge is 2.56. The third-order valence-corrected chi connectivity index (χ3v) is 2.84. The van der Waals surface area contributed by atoms with E-state index in [-0.39, 0.29) is 16.9 Å². The van der Waals surface area contributed by atoms with E-state index in [1.54, 1.807) is 13.0 Å². The summed E-state index contributed by atoms with van der Waals surface area (Å²) in [6.07, 6.45) is -4.87. The van der Waals surface area contributed by atoms with Crippen LogP contribution in [-0.4, -0.2) is 24.9 Å². The van der Waals surface area contributed by atoms with Crippen LogP contribution in [0.4, 0.5) is 13.2 Å². The smallest absolute Gasteiger partial charge is 0.422 e. The van der Waals surface area contributed by atoms with Crippen molar-refractivity contribution in [2.45, 2.75) is 25.6 Å². The molecule has 1 unspecified atom stereocenters. The predicted octanol–water partition coefficient (Wildman–Crippen LogP) is 2.02. The summed E-state index contributed by atoms with van der Waals surface area (Å²) >= 11 is 0. The zero-order valence-electron chi connectivity index (χ0n) is 10.4.